The van der Waals surface area contributed by atoms with Gasteiger partial charge in [0.15, 0.2) is 9.84 Å². The lowest BCUT2D eigenvalue weighted by atomic mass is 10.0. The zero-order valence-corrected chi connectivity index (χ0v) is 16.7. The van der Waals surface area contributed by atoms with Crippen LogP contribution in [0.2, 0.25) is 0 Å². The van der Waals surface area contributed by atoms with Gasteiger partial charge < -0.3 is 16.0 Å². The first-order valence-electron chi connectivity index (χ1n) is 9.19. The minimum absolute atomic E-state index is 0.000635. The third kappa shape index (κ3) is 5.38. The van der Waals surface area contributed by atoms with Gasteiger partial charge in [0.1, 0.15) is 0 Å². The molecule has 1 aromatic carbocycles. The monoisotopic (exact) mass is 411 g/mol. The first kappa shape index (κ1) is 20.0. The van der Waals surface area contributed by atoms with Crippen molar-refractivity contribution in [3.8, 4) is 0 Å². The number of rotatable bonds is 9. The Morgan fingerprint density at radius 1 is 1.19 bits per heavy atom. The molecule has 2 saturated heterocycles. The fourth-order valence-electron chi connectivity index (χ4n) is 3.60. The van der Waals surface area contributed by atoms with Crippen LogP contribution in [0.15, 0.2) is 35.2 Å². The van der Waals surface area contributed by atoms with Gasteiger partial charge in [0.05, 0.1) is 23.1 Å². The van der Waals surface area contributed by atoms with E-state index >= 15 is 0 Å². The number of carbonyl (C=O) groups is 2. The second-order valence-corrected chi connectivity index (χ2v) is 10.3. The van der Waals surface area contributed by atoms with Gasteiger partial charge in [0.25, 0.3) is 0 Å². The average Bonchev–Trinajstić information content (AvgIpc) is 3.08. The van der Waals surface area contributed by atoms with E-state index in [0.29, 0.717) is 32.2 Å². The molecule has 2 aliphatic heterocycles. The molecule has 7 nitrogen and oxygen atoms in total. The van der Waals surface area contributed by atoms with E-state index in [1.807, 2.05) is 30.3 Å². The van der Waals surface area contributed by atoms with Crippen LogP contribution in [0.1, 0.15) is 25.7 Å². The molecule has 148 valence electrons. The predicted molar refractivity (Wildman–Crippen MR) is 105 cm³/mol. The molecule has 3 amide bonds. The van der Waals surface area contributed by atoms with Crippen molar-refractivity contribution < 1.29 is 18.0 Å². The summed E-state index contributed by atoms with van der Waals surface area (Å²) < 4.78 is 24.5. The molecule has 1 aromatic rings. The molecule has 0 saturated carbocycles. The van der Waals surface area contributed by atoms with Crippen LogP contribution in [-0.4, -0.2) is 55.7 Å². The summed E-state index contributed by atoms with van der Waals surface area (Å²) in [5.74, 6) is 0.804. The third-order valence-electron chi connectivity index (χ3n) is 4.90. The van der Waals surface area contributed by atoms with Crippen LogP contribution in [0.3, 0.4) is 0 Å². The summed E-state index contributed by atoms with van der Waals surface area (Å²) in [6.07, 6.45) is 2.15. The minimum atomic E-state index is -3.19. The number of carbonyl (C=O) groups excluding carboxylic acids is 2. The number of hydrogen-bond donors (Lipinski definition) is 3. The SMILES string of the molecule is O=C(CCCC[C@@H]1[C@H]2NC(=O)N[C@@H]2CS1(=O)=O)NCCSc1ccccc1. The molecular weight excluding hydrogens is 386 g/mol. The Bertz CT molecular complexity index is 770. The van der Waals surface area contributed by atoms with Crippen LogP contribution in [0.25, 0.3) is 0 Å². The molecule has 0 aliphatic carbocycles. The number of nitrogens with one attached hydrogen (secondary N) is 3. The summed E-state index contributed by atoms with van der Waals surface area (Å²) >= 11 is 1.69. The van der Waals surface area contributed by atoms with Gasteiger partial charge in [-0.3, -0.25) is 4.79 Å². The number of urea groups is 1. The van der Waals surface area contributed by atoms with Crippen molar-refractivity contribution in [1.29, 1.82) is 0 Å². The van der Waals surface area contributed by atoms with Crippen molar-refractivity contribution in [2.75, 3.05) is 18.1 Å². The fourth-order valence-corrected chi connectivity index (χ4v) is 6.66. The number of benzene rings is 1. The lowest BCUT2D eigenvalue weighted by molar-refractivity contribution is -0.121. The Balaban J connectivity index is 1.30. The Morgan fingerprint density at radius 2 is 1.96 bits per heavy atom. The summed E-state index contributed by atoms with van der Waals surface area (Å²) in [6.45, 7) is 0.608. The number of hydrogen-bond acceptors (Lipinski definition) is 5. The maximum absolute atomic E-state index is 12.2. The molecule has 3 atom stereocenters. The van der Waals surface area contributed by atoms with E-state index < -0.39 is 15.1 Å². The van der Waals surface area contributed by atoms with Gasteiger partial charge in [0, 0.05) is 23.6 Å². The normalized spacial score (nSPS) is 25.5. The molecule has 0 spiro atoms. The van der Waals surface area contributed by atoms with E-state index in [4.69, 9.17) is 0 Å². The molecule has 3 N–H and O–H groups in total. The molecule has 27 heavy (non-hydrogen) atoms. The van der Waals surface area contributed by atoms with Crippen molar-refractivity contribution in [3.63, 3.8) is 0 Å². The first-order valence-corrected chi connectivity index (χ1v) is 11.9. The quantitative estimate of drug-likeness (QED) is 0.323. The summed E-state index contributed by atoms with van der Waals surface area (Å²) in [7, 11) is -3.19. The lowest BCUT2D eigenvalue weighted by Gasteiger charge is -2.16. The lowest BCUT2D eigenvalue weighted by Crippen LogP contribution is -2.39. The zero-order chi connectivity index (χ0) is 19.3. The molecule has 0 aromatic heterocycles. The van der Waals surface area contributed by atoms with Crippen molar-refractivity contribution in [2.24, 2.45) is 0 Å². The fraction of sp³-hybridized carbons (Fsp3) is 0.556. The van der Waals surface area contributed by atoms with Crippen LogP contribution in [-0.2, 0) is 14.6 Å². The highest BCUT2D eigenvalue weighted by Gasteiger charge is 2.51. The zero-order valence-electron chi connectivity index (χ0n) is 15.0. The van der Waals surface area contributed by atoms with Gasteiger partial charge in [-0.05, 0) is 25.0 Å². The Morgan fingerprint density at radius 3 is 2.74 bits per heavy atom. The predicted octanol–water partition coefficient (Wildman–Crippen LogP) is 1.30. The summed E-state index contributed by atoms with van der Waals surface area (Å²) in [5.41, 5.74) is 0. The smallest absolute Gasteiger partial charge is 0.315 e. The maximum atomic E-state index is 12.2. The third-order valence-corrected chi connectivity index (χ3v) is 8.19. The van der Waals surface area contributed by atoms with Crippen LogP contribution in [0, 0.1) is 0 Å². The molecule has 3 rings (SSSR count). The second kappa shape index (κ2) is 8.97. The highest BCUT2D eigenvalue weighted by Crippen LogP contribution is 2.28. The number of sulfone groups is 1. The van der Waals surface area contributed by atoms with Gasteiger partial charge in [-0.15, -0.1) is 11.8 Å². The average molecular weight is 412 g/mol. The van der Waals surface area contributed by atoms with Crippen molar-refractivity contribution in [1.82, 2.24) is 16.0 Å². The molecule has 2 aliphatic rings. The number of unbranched alkanes of at least 4 members (excludes halogenated alkanes) is 1. The highest BCUT2D eigenvalue weighted by molar-refractivity contribution is 7.99. The maximum Gasteiger partial charge on any atom is 0.315 e. The standard InChI is InChI=1S/C18H25N3O4S2/c22-16(19-10-11-26-13-6-2-1-3-7-13)9-5-4-8-15-17-14(12-27(15,24)25)20-18(23)21-17/h1-3,6-7,14-15,17H,4-5,8-12H2,(H,19,22)(H2,20,21,23)/t14-,15-,17+/m1/s1. The summed E-state index contributed by atoms with van der Waals surface area (Å²) in [4.78, 5) is 24.5. The molecule has 2 heterocycles. The van der Waals surface area contributed by atoms with Crippen LogP contribution < -0.4 is 16.0 Å². The molecule has 9 heteroatoms. The van der Waals surface area contributed by atoms with Gasteiger partial charge >= 0.3 is 6.03 Å². The van der Waals surface area contributed by atoms with E-state index in [9.17, 15) is 18.0 Å². The molecular formula is C18H25N3O4S2. The van der Waals surface area contributed by atoms with Gasteiger partial charge in [0.2, 0.25) is 5.91 Å². The number of fused-ring (bicyclic) bond motifs is 1. The number of thioether (sulfide) groups is 1. The van der Waals surface area contributed by atoms with Crippen LogP contribution >= 0.6 is 11.8 Å². The molecule has 0 radical (unpaired) electrons. The minimum Gasteiger partial charge on any atom is -0.355 e. The first-order chi connectivity index (χ1) is 13.0. The summed E-state index contributed by atoms with van der Waals surface area (Å²) in [5, 5.41) is 7.71. The van der Waals surface area contributed by atoms with Gasteiger partial charge in [-0.25, -0.2) is 13.2 Å². The topological polar surface area (TPSA) is 104 Å². The molecule has 2 fully saturated rings. The largest absolute Gasteiger partial charge is 0.355 e. The van der Waals surface area contributed by atoms with Gasteiger partial charge in [-0.2, -0.15) is 0 Å². The van der Waals surface area contributed by atoms with Crippen molar-refractivity contribution in [2.45, 2.75) is 47.9 Å². The van der Waals surface area contributed by atoms with Crippen molar-refractivity contribution >= 4 is 33.5 Å². The Hall–Kier alpha value is -1.74. The van der Waals surface area contributed by atoms with Gasteiger partial charge in [-0.1, -0.05) is 24.6 Å². The Kier molecular flexibility index (Phi) is 6.64. The second-order valence-electron chi connectivity index (χ2n) is 6.88. The van der Waals surface area contributed by atoms with Crippen LogP contribution in [0.4, 0.5) is 4.79 Å². The van der Waals surface area contributed by atoms with E-state index in [2.05, 4.69) is 16.0 Å². The molecule has 0 unspecified atom stereocenters. The Labute approximate surface area is 164 Å². The van der Waals surface area contributed by atoms with E-state index in [0.717, 1.165) is 5.75 Å². The van der Waals surface area contributed by atoms with E-state index in [1.54, 1.807) is 11.8 Å². The van der Waals surface area contributed by atoms with E-state index in [-0.39, 0.29) is 29.8 Å². The van der Waals surface area contributed by atoms with Crippen LogP contribution in [0.5, 0.6) is 0 Å². The highest BCUT2D eigenvalue weighted by atomic mass is 32.2. The van der Waals surface area contributed by atoms with E-state index in [1.165, 1.54) is 4.90 Å². The summed E-state index contributed by atoms with van der Waals surface area (Å²) in [6, 6.07) is 9.07. The number of amides is 3. The van der Waals surface area contributed by atoms with Crippen molar-refractivity contribution in [3.05, 3.63) is 30.3 Å². The molecule has 0 bridgehead atoms.